The van der Waals surface area contributed by atoms with Crippen LogP contribution in [0.15, 0.2) is 206 Å². The summed E-state index contributed by atoms with van der Waals surface area (Å²) in [6.07, 6.45) is 9.31. The molecule has 0 radical (unpaired) electrons. The smallest absolute Gasteiger partial charge is 0.0523 e. The standard InChI is InChI=1S/C51H42N2/c1-51(2)47-26-16-15-25-46(47)50-48(51)35-45(52(41-21-11-5-12-22-41)43-31-27-39(28-32-43)37-17-7-3-8-18-37)36-49(50)53(42-23-13-6-14-24-42)44-33-29-40(30-34-44)38-19-9-4-10-20-38/h3-36,46-47H,1-2H3. The highest BCUT2D eigenvalue weighted by Gasteiger charge is 2.47. The van der Waals surface area contributed by atoms with Crippen LogP contribution < -0.4 is 9.80 Å². The van der Waals surface area contributed by atoms with Crippen molar-refractivity contribution in [3.05, 3.63) is 217 Å². The van der Waals surface area contributed by atoms with Crippen LogP contribution in [0.4, 0.5) is 34.1 Å². The fraction of sp³-hybridized carbons (Fsp3) is 0.0980. The van der Waals surface area contributed by atoms with Crippen LogP contribution in [0.25, 0.3) is 22.3 Å². The number of hydrogen-bond donors (Lipinski definition) is 0. The Labute approximate surface area is 313 Å². The van der Waals surface area contributed by atoms with Gasteiger partial charge in [0.05, 0.1) is 5.69 Å². The summed E-state index contributed by atoms with van der Waals surface area (Å²) < 4.78 is 0. The molecule has 0 amide bonds. The van der Waals surface area contributed by atoms with Gasteiger partial charge >= 0.3 is 0 Å². The van der Waals surface area contributed by atoms with Gasteiger partial charge in [0, 0.05) is 34.4 Å². The highest BCUT2D eigenvalue weighted by molar-refractivity contribution is 5.88. The molecule has 0 saturated heterocycles. The number of fused-ring (bicyclic) bond motifs is 3. The Kier molecular flexibility index (Phi) is 8.37. The Morgan fingerprint density at radius 1 is 0.396 bits per heavy atom. The molecule has 53 heavy (non-hydrogen) atoms. The molecule has 256 valence electrons. The lowest BCUT2D eigenvalue weighted by Crippen LogP contribution is -2.24. The first-order valence-electron chi connectivity index (χ1n) is 18.6. The Morgan fingerprint density at radius 3 is 1.34 bits per heavy atom. The van der Waals surface area contributed by atoms with Crippen LogP contribution in [0, 0.1) is 5.92 Å². The van der Waals surface area contributed by atoms with Crippen LogP contribution in [0.3, 0.4) is 0 Å². The molecule has 2 heteroatoms. The molecule has 2 nitrogen and oxygen atoms in total. The lowest BCUT2D eigenvalue weighted by atomic mass is 9.74. The lowest BCUT2D eigenvalue weighted by molar-refractivity contribution is 0.394. The molecule has 0 bridgehead atoms. The van der Waals surface area contributed by atoms with Gasteiger partial charge < -0.3 is 9.80 Å². The zero-order valence-corrected chi connectivity index (χ0v) is 30.2. The number of benzene rings is 7. The largest absolute Gasteiger partial charge is 0.310 e. The molecule has 0 aliphatic heterocycles. The van der Waals surface area contributed by atoms with Gasteiger partial charge in [0.15, 0.2) is 0 Å². The number of hydrogen-bond acceptors (Lipinski definition) is 2. The molecule has 0 saturated carbocycles. The maximum absolute atomic E-state index is 2.48. The fourth-order valence-electron chi connectivity index (χ4n) is 8.47. The van der Waals surface area contributed by atoms with Crippen LogP contribution in [-0.2, 0) is 5.41 Å². The third kappa shape index (κ3) is 5.97. The van der Waals surface area contributed by atoms with E-state index in [0.717, 1.165) is 28.4 Å². The van der Waals surface area contributed by atoms with Gasteiger partial charge in [0.1, 0.15) is 0 Å². The van der Waals surface area contributed by atoms with Crippen molar-refractivity contribution in [2.24, 2.45) is 5.92 Å². The number of rotatable bonds is 8. The van der Waals surface area contributed by atoms with Gasteiger partial charge in [-0.15, -0.1) is 0 Å². The minimum absolute atomic E-state index is 0.0922. The molecule has 7 aromatic rings. The van der Waals surface area contributed by atoms with E-state index in [1.807, 2.05) is 0 Å². The third-order valence-corrected chi connectivity index (χ3v) is 11.1. The summed E-state index contributed by atoms with van der Waals surface area (Å²) in [6, 6.07) is 65.9. The second-order valence-corrected chi connectivity index (χ2v) is 14.6. The van der Waals surface area contributed by atoms with Crippen molar-refractivity contribution in [3.63, 3.8) is 0 Å². The summed E-state index contributed by atoms with van der Waals surface area (Å²) in [5.41, 5.74) is 14.4. The zero-order chi connectivity index (χ0) is 35.8. The normalized spacial score (nSPS) is 16.5. The molecule has 2 aliphatic carbocycles. The topological polar surface area (TPSA) is 6.48 Å². The molecule has 0 fully saturated rings. The van der Waals surface area contributed by atoms with Gasteiger partial charge in [-0.1, -0.05) is 159 Å². The predicted molar refractivity (Wildman–Crippen MR) is 224 cm³/mol. The summed E-state index contributed by atoms with van der Waals surface area (Å²) in [6.45, 7) is 4.85. The van der Waals surface area contributed by atoms with Crippen LogP contribution in [0.1, 0.15) is 30.9 Å². The van der Waals surface area contributed by atoms with E-state index in [1.165, 1.54) is 39.1 Å². The molecule has 0 aromatic heterocycles. The first-order chi connectivity index (χ1) is 26.1. The minimum Gasteiger partial charge on any atom is -0.310 e. The molecule has 7 aromatic carbocycles. The van der Waals surface area contributed by atoms with Crippen LogP contribution in [0.5, 0.6) is 0 Å². The Balaban J connectivity index is 1.27. The third-order valence-electron chi connectivity index (χ3n) is 11.1. The average molecular weight is 683 g/mol. The first-order valence-corrected chi connectivity index (χ1v) is 18.6. The number of para-hydroxylation sites is 2. The van der Waals surface area contributed by atoms with Gasteiger partial charge in [-0.2, -0.15) is 0 Å². The van der Waals surface area contributed by atoms with Crippen molar-refractivity contribution >= 4 is 34.1 Å². The molecular formula is C51H42N2. The molecule has 0 heterocycles. The summed E-state index contributed by atoms with van der Waals surface area (Å²) in [4.78, 5) is 4.90. The van der Waals surface area contributed by atoms with Crippen LogP contribution in [-0.4, -0.2) is 0 Å². The number of anilines is 6. The van der Waals surface area contributed by atoms with Crippen molar-refractivity contribution in [2.75, 3.05) is 9.80 Å². The van der Waals surface area contributed by atoms with Crippen molar-refractivity contribution in [1.29, 1.82) is 0 Å². The Bertz CT molecular complexity index is 2390. The highest BCUT2D eigenvalue weighted by Crippen LogP contribution is 2.58. The maximum Gasteiger partial charge on any atom is 0.0523 e. The molecule has 0 spiro atoms. The first kappa shape index (κ1) is 32.5. The minimum atomic E-state index is -0.0922. The summed E-state index contributed by atoms with van der Waals surface area (Å²) >= 11 is 0. The molecule has 2 aliphatic rings. The van der Waals surface area contributed by atoms with E-state index in [4.69, 9.17) is 0 Å². The summed E-state index contributed by atoms with van der Waals surface area (Å²) in [5, 5.41) is 0. The quantitative estimate of drug-likeness (QED) is 0.157. The van der Waals surface area contributed by atoms with Crippen LogP contribution >= 0.6 is 0 Å². The zero-order valence-electron chi connectivity index (χ0n) is 30.2. The van der Waals surface area contributed by atoms with Crippen molar-refractivity contribution in [3.8, 4) is 22.3 Å². The summed E-state index contributed by atoms with van der Waals surface area (Å²) in [5.74, 6) is 0.615. The predicted octanol–water partition coefficient (Wildman–Crippen LogP) is 14.1. The monoisotopic (exact) mass is 682 g/mol. The van der Waals surface area contributed by atoms with E-state index < -0.39 is 0 Å². The second-order valence-electron chi connectivity index (χ2n) is 14.6. The lowest BCUT2D eigenvalue weighted by Gasteiger charge is -2.33. The number of nitrogens with zero attached hydrogens (tertiary/aromatic N) is 2. The maximum atomic E-state index is 2.48. The van der Waals surface area contributed by atoms with Crippen molar-refractivity contribution in [1.82, 2.24) is 0 Å². The Morgan fingerprint density at radius 2 is 0.811 bits per heavy atom. The van der Waals surface area contributed by atoms with E-state index in [2.05, 4.69) is 230 Å². The molecule has 2 unspecified atom stereocenters. The van der Waals surface area contributed by atoms with E-state index in [9.17, 15) is 0 Å². The van der Waals surface area contributed by atoms with Crippen molar-refractivity contribution in [2.45, 2.75) is 25.2 Å². The average Bonchev–Trinajstić information content (AvgIpc) is 3.46. The van der Waals surface area contributed by atoms with Gasteiger partial charge in [-0.05, 0) is 105 Å². The molecule has 2 atom stereocenters. The van der Waals surface area contributed by atoms with Gasteiger partial charge in [0.2, 0.25) is 0 Å². The van der Waals surface area contributed by atoms with E-state index in [0.29, 0.717) is 5.92 Å². The summed E-state index contributed by atoms with van der Waals surface area (Å²) in [7, 11) is 0. The van der Waals surface area contributed by atoms with E-state index >= 15 is 0 Å². The Hall–Kier alpha value is -6.38. The van der Waals surface area contributed by atoms with Crippen LogP contribution in [0.2, 0.25) is 0 Å². The SMILES string of the molecule is CC1(C)c2cc(N(c3ccccc3)c3ccc(-c4ccccc4)cc3)cc(N(c3ccccc3)c3ccc(-c4ccccc4)cc3)c2C2C=CC=CC21. The highest BCUT2D eigenvalue weighted by atomic mass is 15.2. The van der Waals surface area contributed by atoms with Crippen molar-refractivity contribution < 1.29 is 0 Å². The van der Waals surface area contributed by atoms with Gasteiger partial charge in [0.25, 0.3) is 0 Å². The number of allylic oxidation sites excluding steroid dienone is 4. The molecule has 9 rings (SSSR count). The van der Waals surface area contributed by atoms with Gasteiger partial charge in [-0.25, -0.2) is 0 Å². The van der Waals surface area contributed by atoms with Gasteiger partial charge in [-0.3, -0.25) is 0 Å². The molecular weight excluding hydrogens is 641 g/mol. The van der Waals surface area contributed by atoms with E-state index in [-0.39, 0.29) is 11.3 Å². The second kappa shape index (κ2) is 13.6. The molecule has 0 N–H and O–H groups in total. The fourth-order valence-corrected chi connectivity index (χ4v) is 8.47. The van der Waals surface area contributed by atoms with E-state index in [1.54, 1.807) is 0 Å².